The van der Waals surface area contributed by atoms with E-state index < -0.39 is 41.9 Å². The average Bonchev–Trinajstić information content (AvgIpc) is 2.76. The van der Waals surface area contributed by atoms with Crippen LogP contribution < -0.4 is 5.32 Å². The monoisotopic (exact) mass is 347 g/mol. The first-order chi connectivity index (χ1) is 11.1. The number of rotatable bonds is 4. The third-order valence-electron chi connectivity index (χ3n) is 3.32. The molecule has 0 radical (unpaired) electrons. The molecule has 1 aromatic heterocycles. The lowest BCUT2D eigenvalue weighted by molar-refractivity contribution is -0.164. The van der Waals surface area contributed by atoms with Crippen LogP contribution in [0.25, 0.3) is 0 Å². The van der Waals surface area contributed by atoms with E-state index in [2.05, 4.69) is 5.10 Å². The van der Waals surface area contributed by atoms with Crippen LogP contribution in [0.1, 0.15) is 23.0 Å². The predicted molar refractivity (Wildman–Crippen MR) is 75.0 cm³/mol. The van der Waals surface area contributed by atoms with E-state index in [0.717, 1.165) is 12.1 Å². The van der Waals surface area contributed by atoms with Gasteiger partial charge in [-0.3, -0.25) is 9.48 Å². The van der Waals surface area contributed by atoms with E-state index in [1.165, 1.54) is 4.68 Å². The highest BCUT2D eigenvalue weighted by Gasteiger charge is 2.43. The van der Waals surface area contributed by atoms with Gasteiger partial charge in [-0.05, 0) is 26.0 Å². The van der Waals surface area contributed by atoms with Crippen molar-refractivity contribution in [2.75, 3.05) is 0 Å². The van der Waals surface area contributed by atoms with E-state index in [0.29, 0.717) is 17.5 Å². The van der Waals surface area contributed by atoms with Crippen molar-refractivity contribution >= 4 is 5.91 Å². The molecule has 1 N–H and O–H groups in total. The zero-order valence-electron chi connectivity index (χ0n) is 12.8. The summed E-state index contributed by atoms with van der Waals surface area (Å²) in [5.41, 5.74) is 0.205. The van der Waals surface area contributed by atoms with Gasteiger partial charge in [0, 0.05) is 11.3 Å². The van der Waals surface area contributed by atoms with Crippen molar-refractivity contribution in [3.63, 3.8) is 0 Å². The van der Waals surface area contributed by atoms with Gasteiger partial charge in [0.15, 0.2) is 17.7 Å². The topological polar surface area (TPSA) is 46.9 Å². The smallest absolute Gasteiger partial charge is 0.339 e. The van der Waals surface area contributed by atoms with Crippen LogP contribution in [0, 0.1) is 25.5 Å². The summed E-state index contributed by atoms with van der Waals surface area (Å²) >= 11 is 0. The Labute approximate surface area is 134 Å². The zero-order valence-corrected chi connectivity index (χ0v) is 12.8. The van der Waals surface area contributed by atoms with Gasteiger partial charge in [-0.15, -0.1) is 0 Å². The molecule has 1 heterocycles. The minimum atomic E-state index is -4.99. The highest BCUT2D eigenvalue weighted by Crippen LogP contribution is 2.34. The lowest BCUT2D eigenvalue weighted by Crippen LogP contribution is -2.40. The molecule has 1 aromatic carbocycles. The second-order valence-electron chi connectivity index (χ2n) is 5.27. The zero-order chi connectivity index (χ0) is 18.1. The summed E-state index contributed by atoms with van der Waals surface area (Å²) in [5.74, 6) is -4.09. The van der Waals surface area contributed by atoms with Crippen LogP contribution in [0.5, 0.6) is 0 Å². The summed E-state index contributed by atoms with van der Waals surface area (Å²) in [6.07, 6.45) is -4.99. The minimum Gasteiger partial charge on any atom is -0.339 e. The maximum absolute atomic E-state index is 13.7. The first-order valence-electron chi connectivity index (χ1n) is 6.90. The first-order valence-corrected chi connectivity index (χ1v) is 6.90. The molecule has 0 bridgehead atoms. The molecule has 24 heavy (non-hydrogen) atoms. The highest BCUT2D eigenvalue weighted by atomic mass is 19.4. The number of amides is 1. The van der Waals surface area contributed by atoms with Crippen molar-refractivity contribution in [3.05, 3.63) is 52.9 Å². The predicted octanol–water partition coefficient (Wildman–Crippen LogP) is 3.20. The Morgan fingerprint density at radius 1 is 1.29 bits per heavy atom. The molecule has 4 nitrogen and oxygen atoms in total. The van der Waals surface area contributed by atoms with Gasteiger partial charge in [-0.25, -0.2) is 8.78 Å². The lowest BCUT2D eigenvalue weighted by Gasteiger charge is -2.22. The number of carbonyl (C=O) groups is 1. The quantitative estimate of drug-likeness (QED) is 0.864. The van der Waals surface area contributed by atoms with Gasteiger partial charge >= 0.3 is 6.18 Å². The first kappa shape index (κ1) is 17.9. The van der Waals surface area contributed by atoms with Crippen LogP contribution in [0.15, 0.2) is 24.3 Å². The van der Waals surface area contributed by atoms with Crippen molar-refractivity contribution in [1.29, 1.82) is 0 Å². The molecule has 0 aliphatic heterocycles. The van der Waals surface area contributed by atoms with Gasteiger partial charge in [-0.2, -0.15) is 18.3 Å². The van der Waals surface area contributed by atoms with E-state index in [1.54, 1.807) is 25.2 Å². The van der Waals surface area contributed by atoms with Gasteiger partial charge in [0.2, 0.25) is 5.91 Å². The van der Waals surface area contributed by atoms with Crippen LogP contribution in [0.3, 0.4) is 0 Å². The molecule has 1 amide bonds. The maximum Gasteiger partial charge on any atom is 0.412 e. The maximum atomic E-state index is 13.7. The molecule has 0 aliphatic carbocycles. The third-order valence-corrected chi connectivity index (χ3v) is 3.32. The number of aryl methyl sites for hydroxylation is 2. The lowest BCUT2D eigenvalue weighted by atomic mass is 10.1. The molecule has 1 unspecified atom stereocenters. The minimum absolute atomic E-state index is 0.469. The molecule has 2 rings (SSSR count). The van der Waals surface area contributed by atoms with Gasteiger partial charge in [0.1, 0.15) is 6.54 Å². The number of hydrogen-bond donors (Lipinski definition) is 1. The summed E-state index contributed by atoms with van der Waals surface area (Å²) in [7, 11) is 0. The number of nitrogens with one attached hydrogen (secondary N) is 1. The van der Waals surface area contributed by atoms with Crippen LogP contribution >= 0.6 is 0 Å². The molecule has 9 heteroatoms. The number of halogens is 5. The molecule has 1 atom stereocenters. The van der Waals surface area contributed by atoms with E-state index >= 15 is 0 Å². The standard InChI is InChI=1S/C15H14F5N3O/c1-8-6-9(2)23(22-8)7-12(24)21-14(15(18,19)20)10-4-3-5-11(16)13(10)17/h3-6,14H,7H2,1-2H3,(H,21,24). The van der Waals surface area contributed by atoms with Crippen molar-refractivity contribution < 1.29 is 26.7 Å². The molecule has 0 saturated carbocycles. The average molecular weight is 347 g/mol. The molecule has 0 saturated heterocycles. The Hall–Kier alpha value is -2.45. The van der Waals surface area contributed by atoms with E-state index in [1.807, 2.05) is 0 Å². The second-order valence-corrected chi connectivity index (χ2v) is 5.27. The Balaban J connectivity index is 2.25. The summed E-state index contributed by atoms with van der Waals surface area (Å²) in [5, 5.41) is 5.66. The van der Waals surface area contributed by atoms with Gasteiger partial charge in [0.05, 0.1) is 5.69 Å². The third kappa shape index (κ3) is 3.90. The molecule has 0 spiro atoms. The van der Waals surface area contributed by atoms with Gasteiger partial charge in [-0.1, -0.05) is 12.1 Å². The second kappa shape index (κ2) is 6.58. The number of benzene rings is 1. The van der Waals surface area contributed by atoms with E-state index in [-0.39, 0.29) is 0 Å². The summed E-state index contributed by atoms with van der Waals surface area (Å²) < 4.78 is 67.6. The van der Waals surface area contributed by atoms with Crippen LogP contribution in [-0.4, -0.2) is 21.9 Å². The van der Waals surface area contributed by atoms with Gasteiger partial charge in [0.25, 0.3) is 0 Å². The summed E-state index contributed by atoms with van der Waals surface area (Å²) in [4.78, 5) is 11.9. The SMILES string of the molecule is Cc1cc(C)n(CC(=O)NC(c2cccc(F)c2F)C(F)(F)F)n1. The summed E-state index contributed by atoms with van der Waals surface area (Å²) in [6.45, 7) is 2.84. The highest BCUT2D eigenvalue weighted by molar-refractivity contribution is 5.76. The fraction of sp³-hybridized carbons (Fsp3) is 0.333. The van der Waals surface area contributed by atoms with Crippen LogP contribution in [-0.2, 0) is 11.3 Å². The number of aromatic nitrogens is 2. The van der Waals surface area contributed by atoms with Crippen molar-refractivity contribution in [3.8, 4) is 0 Å². The Kier molecular flexibility index (Phi) is 4.91. The number of nitrogens with zero attached hydrogens (tertiary/aromatic N) is 2. The van der Waals surface area contributed by atoms with Crippen LogP contribution in [0.2, 0.25) is 0 Å². The summed E-state index contributed by atoms with van der Waals surface area (Å²) in [6, 6.07) is 1.42. The van der Waals surface area contributed by atoms with Crippen molar-refractivity contribution in [2.24, 2.45) is 0 Å². The Bertz CT molecular complexity index is 754. The Morgan fingerprint density at radius 3 is 2.50 bits per heavy atom. The normalized spacial score (nSPS) is 13.0. The van der Waals surface area contributed by atoms with Crippen molar-refractivity contribution in [2.45, 2.75) is 32.6 Å². The fourth-order valence-corrected chi connectivity index (χ4v) is 2.26. The largest absolute Gasteiger partial charge is 0.412 e. The molecule has 0 fully saturated rings. The van der Waals surface area contributed by atoms with E-state index in [4.69, 9.17) is 0 Å². The number of alkyl halides is 3. The van der Waals surface area contributed by atoms with Crippen LogP contribution in [0.4, 0.5) is 22.0 Å². The fourth-order valence-electron chi connectivity index (χ4n) is 2.26. The Morgan fingerprint density at radius 2 is 1.96 bits per heavy atom. The molecular weight excluding hydrogens is 333 g/mol. The van der Waals surface area contributed by atoms with Gasteiger partial charge < -0.3 is 5.32 Å². The number of hydrogen-bond acceptors (Lipinski definition) is 2. The molecule has 130 valence electrons. The van der Waals surface area contributed by atoms with Crippen molar-refractivity contribution in [1.82, 2.24) is 15.1 Å². The molecule has 2 aromatic rings. The molecule has 0 aliphatic rings. The molecular formula is C15H14F5N3O. The number of carbonyl (C=O) groups excluding carboxylic acids is 1. The van der Waals surface area contributed by atoms with E-state index in [9.17, 15) is 26.7 Å².